The van der Waals surface area contributed by atoms with Crippen LogP contribution in [0.1, 0.15) is 25.3 Å². The first-order valence-electron chi connectivity index (χ1n) is 5.88. The quantitative estimate of drug-likeness (QED) is 0.796. The van der Waals surface area contributed by atoms with Gasteiger partial charge in [-0.2, -0.15) is 4.98 Å². The third-order valence-corrected chi connectivity index (χ3v) is 3.91. The molecule has 0 spiro atoms. The van der Waals surface area contributed by atoms with Crippen LogP contribution in [0.2, 0.25) is 0 Å². The summed E-state index contributed by atoms with van der Waals surface area (Å²) >= 11 is 1.38. The average molecular weight is 278 g/mol. The van der Waals surface area contributed by atoms with E-state index >= 15 is 0 Å². The van der Waals surface area contributed by atoms with Crippen molar-refractivity contribution in [1.82, 2.24) is 10.1 Å². The van der Waals surface area contributed by atoms with Gasteiger partial charge in [-0.15, -0.1) is 11.3 Å². The fourth-order valence-corrected chi connectivity index (χ4v) is 2.77. The molecule has 98 valence electrons. The second-order valence-electron chi connectivity index (χ2n) is 4.17. The molecule has 0 fully saturated rings. The molecular weight excluding hydrogens is 267 g/mol. The first-order valence-corrected chi connectivity index (χ1v) is 6.70. The second-order valence-corrected chi connectivity index (χ2v) is 5.26. The van der Waals surface area contributed by atoms with Crippen molar-refractivity contribution in [3.8, 4) is 10.8 Å². The van der Waals surface area contributed by atoms with Gasteiger partial charge in [0.2, 0.25) is 5.82 Å². The van der Waals surface area contributed by atoms with Crippen molar-refractivity contribution in [2.75, 3.05) is 0 Å². The number of rotatable bonds is 3. The van der Waals surface area contributed by atoms with Crippen LogP contribution in [0.3, 0.4) is 0 Å². The fraction of sp³-hybridized carbons (Fsp3) is 0.231. The summed E-state index contributed by atoms with van der Waals surface area (Å²) in [7, 11) is 0. The minimum absolute atomic E-state index is 0.270. The topological polar surface area (TPSA) is 59.2 Å². The van der Waals surface area contributed by atoms with Gasteiger partial charge in [-0.05, 0) is 30.0 Å². The van der Waals surface area contributed by atoms with Gasteiger partial charge in [0.05, 0.1) is 4.88 Å². The van der Waals surface area contributed by atoms with Crippen LogP contribution < -0.4 is 0 Å². The number of benzene rings is 1. The minimum Gasteiger partial charge on any atom is -0.385 e. The molecule has 1 unspecified atom stereocenters. The van der Waals surface area contributed by atoms with E-state index in [9.17, 15) is 9.50 Å². The van der Waals surface area contributed by atoms with Gasteiger partial charge in [-0.25, -0.2) is 4.39 Å². The molecule has 0 aliphatic rings. The summed E-state index contributed by atoms with van der Waals surface area (Å²) in [5.41, 5.74) is 0. The van der Waals surface area contributed by atoms with E-state index in [1.807, 2.05) is 13.0 Å². The van der Waals surface area contributed by atoms with Gasteiger partial charge < -0.3 is 9.63 Å². The lowest BCUT2D eigenvalue weighted by molar-refractivity contribution is 0.159. The molecule has 3 aromatic rings. The van der Waals surface area contributed by atoms with E-state index in [0.29, 0.717) is 12.3 Å². The monoisotopic (exact) mass is 278 g/mol. The zero-order chi connectivity index (χ0) is 13.4. The van der Waals surface area contributed by atoms with Gasteiger partial charge in [-0.3, -0.25) is 0 Å². The first kappa shape index (κ1) is 12.3. The molecule has 0 aliphatic heterocycles. The number of aliphatic hydroxyl groups excluding tert-OH is 1. The highest BCUT2D eigenvalue weighted by atomic mass is 32.1. The van der Waals surface area contributed by atoms with Crippen LogP contribution in [0.15, 0.2) is 28.8 Å². The molecule has 0 saturated heterocycles. The number of fused-ring (bicyclic) bond motifs is 1. The van der Waals surface area contributed by atoms with Gasteiger partial charge >= 0.3 is 0 Å². The Bertz CT molecular complexity index is 722. The molecule has 1 atom stereocenters. The van der Waals surface area contributed by atoms with Gasteiger partial charge in [0.25, 0.3) is 5.89 Å². The lowest BCUT2D eigenvalue weighted by Crippen LogP contribution is -1.97. The maximum atomic E-state index is 13.1. The Labute approximate surface area is 112 Å². The Kier molecular flexibility index (Phi) is 3.04. The van der Waals surface area contributed by atoms with Crippen molar-refractivity contribution in [2.24, 2.45) is 0 Å². The number of thiophene rings is 1. The summed E-state index contributed by atoms with van der Waals surface area (Å²) < 4.78 is 19.1. The van der Waals surface area contributed by atoms with Crippen molar-refractivity contribution in [3.63, 3.8) is 0 Å². The Morgan fingerprint density at radius 1 is 1.42 bits per heavy atom. The molecule has 6 heteroatoms. The SMILES string of the molecule is CCC(O)c1noc(-c2cc3ccc(F)cc3s2)n1. The minimum atomic E-state index is -0.718. The summed E-state index contributed by atoms with van der Waals surface area (Å²) in [6, 6.07) is 6.47. The molecule has 0 radical (unpaired) electrons. The largest absolute Gasteiger partial charge is 0.385 e. The number of aliphatic hydroxyl groups is 1. The van der Waals surface area contributed by atoms with E-state index < -0.39 is 6.10 Å². The summed E-state index contributed by atoms with van der Waals surface area (Å²) in [6.45, 7) is 1.84. The Balaban J connectivity index is 2.01. The van der Waals surface area contributed by atoms with Crippen LogP contribution in [-0.2, 0) is 0 Å². The zero-order valence-corrected chi connectivity index (χ0v) is 10.9. The van der Waals surface area contributed by atoms with E-state index in [4.69, 9.17) is 4.52 Å². The second kappa shape index (κ2) is 4.71. The van der Waals surface area contributed by atoms with Gasteiger partial charge in [0.1, 0.15) is 11.9 Å². The van der Waals surface area contributed by atoms with Crippen LogP contribution in [0.4, 0.5) is 4.39 Å². The molecule has 0 bridgehead atoms. The number of aromatic nitrogens is 2. The zero-order valence-electron chi connectivity index (χ0n) is 10.1. The molecule has 1 N–H and O–H groups in total. The van der Waals surface area contributed by atoms with Crippen molar-refractivity contribution < 1.29 is 14.0 Å². The van der Waals surface area contributed by atoms with Crippen molar-refractivity contribution in [2.45, 2.75) is 19.4 Å². The molecule has 0 amide bonds. The van der Waals surface area contributed by atoms with Gasteiger partial charge in [-0.1, -0.05) is 18.1 Å². The van der Waals surface area contributed by atoms with Crippen LogP contribution >= 0.6 is 11.3 Å². The molecular formula is C13H11FN2O2S. The highest BCUT2D eigenvalue weighted by molar-refractivity contribution is 7.22. The van der Waals surface area contributed by atoms with E-state index in [1.54, 1.807) is 6.07 Å². The van der Waals surface area contributed by atoms with E-state index in [0.717, 1.165) is 15.0 Å². The predicted molar refractivity (Wildman–Crippen MR) is 70.3 cm³/mol. The lowest BCUT2D eigenvalue weighted by atomic mass is 10.2. The summed E-state index contributed by atoms with van der Waals surface area (Å²) in [4.78, 5) is 4.92. The van der Waals surface area contributed by atoms with E-state index in [-0.39, 0.29) is 11.6 Å². The Morgan fingerprint density at radius 2 is 2.26 bits per heavy atom. The number of hydrogen-bond acceptors (Lipinski definition) is 5. The Morgan fingerprint density at radius 3 is 3.05 bits per heavy atom. The normalized spacial score (nSPS) is 13.0. The smallest absolute Gasteiger partial charge is 0.268 e. The summed E-state index contributed by atoms with van der Waals surface area (Å²) in [6.07, 6.45) is -0.194. The number of nitrogens with zero attached hydrogens (tertiary/aromatic N) is 2. The van der Waals surface area contributed by atoms with Crippen molar-refractivity contribution in [3.05, 3.63) is 35.9 Å². The van der Waals surface area contributed by atoms with Gasteiger partial charge in [0, 0.05) is 4.70 Å². The molecule has 1 aromatic carbocycles. The maximum Gasteiger partial charge on any atom is 0.268 e. The molecule has 3 rings (SSSR count). The molecule has 2 heterocycles. The van der Waals surface area contributed by atoms with Crippen LogP contribution in [-0.4, -0.2) is 15.2 Å². The summed E-state index contributed by atoms with van der Waals surface area (Å²) in [5, 5.41) is 14.3. The lowest BCUT2D eigenvalue weighted by Gasteiger charge is -1.97. The van der Waals surface area contributed by atoms with Gasteiger partial charge in [0.15, 0.2) is 0 Å². The van der Waals surface area contributed by atoms with E-state index in [1.165, 1.54) is 23.5 Å². The van der Waals surface area contributed by atoms with E-state index in [2.05, 4.69) is 10.1 Å². The van der Waals surface area contributed by atoms with Crippen LogP contribution in [0.25, 0.3) is 20.9 Å². The number of halogens is 1. The highest BCUT2D eigenvalue weighted by Gasteiger charge is 2.16. The third-order valence-electron chi connectivity index (χ3n) is 2.82. The molecule has 19 heavy (non-hydrogen) atoms. The van der Waals surface area contributed by atoms with Crippen molar-refractivity contribution in [1.29, 1.82) is 0 Å². The maximum absolute atomic E-state index is 13.1. The standard InChI is InChI=1S/C13H11FN2O2S/c1-2-9(17)12-15-13(18-16-12)11-5-7-3-4-8(14)6-10(7)19-11/h3-6,9,17H,2H2,1H3. The fourth-order valence-electron chi connectivity index (χ4n) is 1.76. The average Bonchev–Trinajstić information content (AvgIpc) is 3.03. The molecule has 0 saturated carbocycles. The van der Waals surface area contributed by atoms with Crippen LogP contribution in [0, 0.1) is 5.82 Å². The first-order chi connectivity index (χ1) is 9.17. The predicted octanol–water partition coefficient (Wildman–Crippen LogP) is 3.53. The Hall–Kier alpha value is -1.79. The highest BCUT2D eigenvalue weighted by Crippen LogP contribution is 2.33. The third kappa shape index (κ3) is 2.24. The molecule has 4 nitrogen and oxygen atoms in total. The molecule has 2 aromatic heterocycles. The number of hydrogen-bond donors (Lipinski definition) is 1. The summed E-state index contributed by atoms with van der Waals surface area (Å²) in [5.74, 6) is 0.360. The van der Waals surface area contributed by atoms with Crippen LogP contribution in [0.5, 0.6) is 0 Å². The molecule has 0 aliphatic carbocycles. The van der Waals surface area contributed by atoms with Crippen molar-refractivity contribution >= 4 is 21.4 Å².